The van der Waals surface area contributed by atoms with Crippen molar-refractivity contribution < 1.29 is 9.66 Å². The molecular weight excluding hydrogens is 212 g/mol. The Hall–Kier alpha value is -1.89. The third-order valence-electron chi connectivity index (χ3n) is 1.84. The lowest BCUT2D eigenvalue weighted by atomic mass is 10.3. The van der Waals surface area contributed by atoms with E-state index in [9.17, 15) is 10.1 Å². The molecule has 88 valence electrons. The highest BCUT2D eigenvalue weighted by Crippen LogP contribution is 2.22. The maximum atomic E-state index is 10.7. The lowest BCUT2D eigenvalue weighted by Crippen LogP contribution is -2.12. The maximum absolute atomic E-state index is 10.7. The molecule has 1 rings (SSSR count). The zero-order valence-electron chi connectivity index (χ0n) is 8.97. The van der Waals surface area contributed by atoms with Crippen LogP contribution in [0, 0.1) is 10.1 Å². The van der Waals surface area contributed by atoms with E-state index in [0.717, 1.165) is 0 Å². The normalized spacial score (nSPS) is 10.1. The Morgan fingerprint density at radius 1 is 1.62 bits per heavy atom. The van der Waals surface area contributed by atoms with E-state index in [1.54, 1.807) is 0 Å². The van der Waals surface area contributed by atoms with Gasteiger partial charge in [0.15, 0.2) is 0 Å². The summed E-state index contributed by atoms with van der Waals surface area (Å²) in [4.78, 5) is 14.0. The van der Waals surface area contributed by atoms with Gasteiger partial charge in [-0.3, -0.25) is 10.1 Å². The number of hydrogen-bond donors (Lipinski definition) is 2. The van der Waals surface area contributed by atoms with Crippen molar-refractivity contribution in [3.05, 3.63) is 22.2 Å². The molecule has 0 bridgehead atoms. The summed E-state index contributed by atoms with van der Waals surface area (Å²) in [5.74, 6) is 0.411. The lowest BCUT2D eigenvalue weighted by molar-refractivity contribution is -0.384. The number of nitrogens with one attached hydrogen (secondary N) is 1. The Labute approximate surface area is 92.8 Å². The van der Waals surface area contributed by atoms with Crippen molar-refractivity contribution in [2.75, 3.05) is 30.8 Å². The number of nitrogens with zero attached hydrogens (tertiary/aromatic N) is 2. The van der Waals surface area contributed by atoms with Crippen LogP contribution in [-0.4, -0.2) is 29.7 Å². The molecule has 16 heavy (non-hydrogen) atoms. The Bertz CT molecular complexity index is 370. The highest BCUT2D eigenvalue weighted by molar-refractivity contribution is 5.59. The molecule has 7 heteroatoms. The average molecular weight is 226 g/mol. The number of nitrogens with two attached hydrogens (primary N) is 1. The molecule has 0 radical (unpaired) electrons. The Balaban J connectivity index is 2.68. The largest absolute Gasteiger partial charge is 0.384 e. The molecule has 0 amide bonds. The number of aromatic nitrogens is 1. The fraction of sp³-hybridized carbons (Fsp3) is 0.444. The van der Waals surface area contributed by atoms with Crippen LogP contribution in [0.2, 0.25) is 0 Å². The van der Waals surface area contributed by atoms with Crippen LogP contribution in [0.3, 0.4) is 0 Å². The number of pyridine rings is 1. The van der Waals surface area contributed by atoms with Crippen LogP contribution in [0.1, 0.15) is 6.92 Å². The molecule has 1 heterocycles. The first kappa shape index (κ1) is 12.2. The van der Waals surface area contributed by atoms with Gasteiger partial charge in [0.25, 0.3) is 0 Å². The van der Waals surface area contributed by atoms with Crippen LogP contribution in [0.5, 0.6) is 0 Å². The molecule has 0 saturated heterocycles. The fourth-order valence-corrected chi connectivity index (χ4v) is 1.13. The molecule has 0 aliphatic rings. The summed E-state index contributed by atoms with van der Waals surface area (Å²) in [5, 5.41) is 13.5. The monoisotopic (exact) mass is 226 g/mol. The summed E-state index contributed by atoms with van der Waals surface area (Å²) in [5.41, 5.74) is 5.36. The topological polar surface area (TPSA) is 103 Å². The lowest BCUT2D eigenvalue weighted by Gasteiger charge is -2.06. The minimum Gasteiger partial charge on any atom is -0.384 e. The number of hydrogen-bond acceptors (Lipinski definition) is 6. The van der Waals surface area contributed by atoms with E-state index in [0.29, 0.717) is 19.8 Å². The predicted octanol–water partition coefficient (Wildman–Crippen LogP) is 1.02. The van der Waals surface area contributed by atoms with Gasteiger partial charge in [0.1, 0.15) is 5.82 Å². The number of nitro groups is 1. The number of anilines is 2. The summed E-state index contributed by atoms with van der Waals surface area (Å²) >= 11 is 0. The molecule has 0 aromatic carbocycles. The second-order valence-corrected chi connectivity index (χ2v) is 2.98. The van der Waals surface area contributed by atoms with E-state index in [2.05, 4.69) is 10.3 Å². The number of rotatable bonds is 6. The molecule has 3 N–H and O–H groups in total. The minimum absolute atomic E-state index is 0.0919. The smallest absolute Gasteiger partial charge is 0.311 e. The van der Waals surface area contributed by atoms with Crippen LogP contribution in [-0.2, 0) is 4.74 Å². The van der Waals surface area contributed by atoms with E-state index in [1.807, 2.05) is 6.92 Å². The molecule has 0 spiro atoms. The molecular formula is C9H14N4O3. The second kappa shape index (κ2) is 5.86. The van der Waals surface area contributed by atoms with Gasteiger partial charge in [-0.05, 0) is 13.0 Å². The molecule has 0 fully saturated rings. The molecule has 0 unspecified atom stereocenters. The van der Waals surface area contributed by atoms with Gasteiger partial charge in [-0.25, -0.2) is 4.98 Å². The highest BCUT2D eigenvalue weighted by atomic mass is 16.6. The quantitative estimate of drug-likeness (QED) is 0.426. The maximum Gasteiger partial charge on any atom is 0.311 e. The first-order valence-electron chi connectivity index (χ1n) is 4.87. The Morgan fingerprint density at radius 3 is 3.00 bits per heavy atom. The van der Waals surface area contributed by atoms with E-state index in [4.69, 9.17) is 10.5 Å². The summed E-state index contributed by atoms with van der Waals surface area (Å²) in [6.45, 7) is 3.39. The first-order valence-corrected chi connectivity index (χ1v) is 4.87. The Kier molecular flexibility index (Phi) is 4.46. The van der Waals surface area contributed by atoms with Crippen molar-refractivity contribution in [1.82, 2.24) is 4.98 Å². The molecule has 0 atom stereocenters. The molecule has 0 aliphatic carbocycles. The molecule has 1 aromatic heterocycles. The van der Waals surface area contributed by atoms with Crippen LogP contribution in [0.4, 0.5) is 17.3 Å². The van der Waals surface area contributed by atoms with Gasteiger partial charge in [-0.2, -0.15) is 0 Å². The summed E-state index contributed by atoms with van der Waals surface area (Å²) in [7, 11) is 0. The van der Waals surface area contributed by atoms with Gasteiger partial charge in [0.2, 0.25) is 5.82 Å². The van der Waals surface area contributed by atoms with Gasteiger partial charge >= 0.3 is 5.69 Å². The van der Waals surface area contributed by atoms with Crippen molar-refractivity contribution in [3.63, 3.8) is 0 Å². The third kappa shape index (κ3) is 3.35. The average Bonchev–Trinajstić information content (AvgIpc) is 2.24. The van der Waals surface area contributed by atoms with E-state index >= 15 is 0 Å². The zero-order chi connectivity index (χ0) is 12.0. The fourth-order valence-electron chi connectivity index (χ4n) is 1.13. The minimum atomic E-state index is -0.505. The molecule has 0 aliphatic heterocycles. The molecule has 7 nitrogen and oxygen atoms in total. The van der Waals surface area contributed by atoms with Gasteiger partial charge in [0, 0.05) is 19.2 Å². The molecule has 0 saturated carbocycles. The van der Waals surface area contributed by atoms with Gasteiger partial charge in [-0.1, -0.05) is 0 Å². The van der Waals surface area contributed by atoms with Crippen LogP contribution in [0.15, 0.2) is 12.1 Å². The third-order valence-corrected chi connectivity index (χ3v) is 1.84. The summed E-state index contributed by atoms with van der Waals surface area (Å²) in [6.07, 6.45) is 0. The highest BCUT2D eigenvalue weighted by Gasteiger charge is 2.14. The first-order chi connectivity index (χ1) is 7.65. The van der Waals surface area contributed by atoms with E-state index in [1.165, 1.54) is 12.1 Å². The Morgan fingerprint density at radius 2 is 2.38 bits per heavy atom. The van der Waals surface area contributed by atoms with E-state index in [-0.39, 0.29) is 17.3 Å². The standard InChI is InChI=1S/C9H14N4O3/c1-2-16-6-5-11-9-7(13(14)15)3-4-8(10)12-9/h3-4H,2,5-6H2,1H3,(H3,10,11,12). The van der Waals surface area contributed by atoms with Crippen LogP contribution < -0.4 is 11.1 Å². The predicted molar refractivity (Wildman–Crippen MR) is 60.3 cm³/mol. The summed E-state index contributed by atoms with van der Waals surface area (Å²) in [6, 6.07) is 2.72. The van der Waals surface area contributed by atoms with Crippen molar-refractivity contribution in [3.8, 4) is 0 Å². The van der Waals surface area contributed by atoms with Crippen molar-refractivity contribution in [1.29, 1.82) is 0 Å². The van der Waals surface area contributed by atoms with Crippen molar-refractivity contribution >= 4 is 17.3 Å². The zero-order valence-corrected chi connectivity index (χ0v) is 8.97. The van der Waals surface area contributed by atoms with Gasteiger partial charge in [-0.15, -0.1) is 0 Å². The second-order valence-electron chi connectivity index (χ2n) is 2.98. The van der Waals surface area contributed by atoms with Gasteiger partial charge < -0.3 is 15.8 Å². The van der Waals surface area contributed by atoms with Crippen molar-refractivity contribution in [2.24, 2.45) is 0 Å². The number of ether oxygens (including phenoxy) is 1. The molecule has 1 aromatic rings. The van der Waals surface area contributed by atoms with Crippen LogP contribution >= 0.6 is 0 Å². The van der Waals surface area contributed by atoms with Crippen LogP contribution in [0.25, 0.3) is 0 Å². The number of nitrogen functional groups attached to an aromatic ring is 1. The van der Waals surface area contributed by atoms with E-state index < -0.39 is 4.92 Å². The summed E-state index contributed by atoms with van der Waals surface area (Å²) < 4.78 is 5.09. The SMILES string of the molecule is CCOCCNc1nc(N)ccc1[N+](=O)[O-]. The van der Waals surface area contributed by atoms with Crippen molar-refractivity contribution in [2.45, 2.75) is 6.92 Å². The van der Waals surface area contributed by atoms with Gasteiger partial charge in [0.05, 0.1) is 11.5 Å².